The van der Waals surface area contributed by atoms with Crippen molar-refractivity contribution in [2.45, 2.75) is 77.7 Å². The van der Waals surface area contributed by atoms with Gasteiger partial charge in [0, 0.05) is 6.61 Å². The Kier molecular flexibility index (Phi) is 17.5. The largest absolute Gasteiger partial charge is 0.479 e. The minimum atomic E-state index is -0.877. The van der Waals surface area contributed by atoms with Crippen LogP contribution in [0.25, 0.3) is 0 Å². The summed E-state index contributed by atoms with van der Waals surface area (Å²) in [4.78, 5) is 10.9. The lowest BCUT2D eigenvalue weighted by Crippen LogP contribution is -2.23. The van der Waals surface area contributed by atoms with E-state index in [1.54, 1.807) is 0 Å². The summed E-state index contributed by atoms with van der Waals surface area (Å²) < 4.78 is 5.17. The van der Waals surface area contributed by atoms with Crippen molar-refractivity contribution in [1.29, 1.82) is 0 Å². The lowest BCUT2D eigenvalue weighted by atomic mass is 10.2. The Morgan fingerprint density at radius 3 is 1.84 bits per heavy atom. The van der Waals surface area contributed by atoms with Crippen LogP contribution in [-0.2, 0) is 9.53 Å². The van der Waals surface area contributed by atoms with Crippen molar-refractivity contribution in [1.82, 2.24) is 0 Å². The number of hydrogen-bond acceptors (Lipinski definition) is 2. The number of allylic oxidation sites excluding steroid dienone is 8. The highest BCUT2D eigenvalue weighted by molar-refractivity contribution is 5.72. The number of unbranched alkanes of at least 4 members (excludes halogenated alkanes) is 3. The van der Waals surface area contributed by atoms with E-state index < -0.39 is 12.1 Å². The van der Waals surface area contributed by atoms with E-state index in [1.807, 2.05) is 13.0 Å². The van der Waals surface area contributed by atoms with Gasteiger partial charge >= 0.3 is 5.97 Å². The third-order valence-electron chi connectivity index (χ3n) is 3.70. The van der Waals surface area contributed by atoms with Crippen LogP contribution in [0, 0.1) is 0 Å². The van der Waals surface area contributed by atoms with Crippen LogP contribution in [0.1, 0.15) is 71.6 Å². The summed E-state index contributed by atoms with van der Waals surface area (Å²) in [6, 6.07) is 0. The fraction of sp³-hybridized carbons (Fsp3) is 0.591. The van der Waals surface area contributed by atoms with Crippen LogP contribution < -0.4 is 0 Å². The minimum Gasteiger partial charge on any atom is -0.479 e. The molecule has 0 fully saturated rings. The van der Waals surface area contributed by atoms with E-state index in [0.29, 0.717) is 13.0 Å². The molecule has 142 valence electrons. The zero-order chi connectivity index (χ0) is 18.6. The molecule has 0 heterocycles. The quantitative estimate of drug-likeness (QED) is 0.265. The monoisotopic (exact) mass is 348 g/mol. The van der Waals surface area contributed by atoms with Gasteiger partial charge in [0.05, 0.1) is 0 Å². The molecule has 0 amide bonds. The van der Waals surface area contributed by atoms with Crippen LogP contribution in [0.4, 0.5) is 0 Å². The standard InChI is InChI=1S/C22H36O3/c1-3-5-6-7-8-9-10-11-12-13-14-15-16-17-18-19-20-21(22(23)24)25-4-2/h8-9,11-12,14-15,17-18,21H,3-7,10,13,16,19-20H2,1-2H3,(H,23,24)/b9-8-,12-11-,15-14-,18-17-. The van der Waals surface area contributed by atoms with Crippen LogP contribution >= 0.6 is 0 Å². The van der Waals surface area contributed by atoms with E-state index in [2.05, 4.69) is 49.5 Å². The van der Waals surface area contributed by atoms with E-state index in [9.17, 15) is 4.79 Å². The Morgan fingerprint density at radius 2 is 1.36 bits per heavy atom. The van der Waals surface area contributed by atoms with Crippen molar-refractivity contribution >= 4 is 5.97 Å². The molecule has 0 saturated heterocycles. The van der Waals surface area contributed by atoms with Crippen LogP contribution in [0.2, 0.25) is 0 Å². The van der Waals surface area contributed by atoms with Crippen molar-refractivity contribution in [2.75, 3.05) is 6.61 Å². The molecule has 0 aromatic rings. The lowest BCUT2D eigenvalue weighted by Gasteiger charge is -2.10. The predicted octanol–water partition coefficient (Wildman–Crippen LogP) is 6.23. The van der Waals surface area contributed by atoms with Gasteiger partial charge in [-0.3, -0.25) is 0 Å². The van der Waals surface area contributed by atoms with E-state index in [-0.39, 0.29) is 0 Å². The fourth-order valence-electron chi connectivity index (χ4n) is 2.29. The Morgan fingerprint density at radius 1 is 0.840 bits per heavy atom. The number of rotatable bonds is 16. The van der Waals surface area contributed by atoms with Crippen molar-refractivity contribution in [2.24, 2.45) is 0 Å². The van der Waals surface area contributed by atoms with Gasteiger partial charge in [0.1, 0.15) is 0 Å². The molecule has 0 spiro atoms. The normalized spacial score (nSPS) is 13.7. The molecule has 1 N–H and O–H groups in total. The second kappa shape index (κ2) is 18.7. The Balaban J connectivity index is 3.62. The van der Waals surface area contributed by atoms with E-state index >= 15 is 0 Å². The Hall–Kier alpha value is -1.61. The first-order chi connectivity index (χ1) is 12.2. The summed E-state index contributed by atoms with van der Waals surface area (Å²) in [5.74, 6) is -0.877. The van der Waals surface area contributed by atoms with Gasteiger partial charge in [-0.25, -0.2) is 4.79 Å². The van der Waals surface area contributed by atoms with E-state index in [0.717, 1.165) is 25.7 Å². The summed E-state index contributed by atoms with van der Waals surface area (Å²) in [6.07, 6.45) is 25.9. The third kappa shape index (κ3) is 17.0. The average molecular weight is 349 g/mol. The zero-order valence-corrected chi connectivity index (χ0v) is 16.0. The first-order valence-electron chi connectivity index (χ1n) is 9.66. The van der Waals surface area contributed by atoms with E-state index in [1.165, 1.54) is 25.7 Å². The van der Waals surface area contributed by atoms with Crippen molar-refractivity contribution < 1.29 is 14.6 Å². The maximum absolute atomic E-state index is 10.9. The summed E-state index contributed by atoms with van der Waals surface area (Å²) in [6.45, 7) is 4.48. The molecular formula is C22H36O3. The molecule has 0 rings (SSSR count). The molecule has 0 aromatic heterocycles. The van der Waals surface area contributed by atoms with Gasteiger partial charge < -0.3 is 9.84 Å². The van der Waals surface area contributed by atoms with Crippen molar-refractivity contribution in [3.8, 4) is 0 Å². The zero-order valence-electron chi connectivity index (χ0n) is 16.0. The Labute approximate surface area is 154 Å². The number of carboxylic acids is 1. The van der Waals surface area contributed by atoms with Crippen molar-refractivity contribution in [3.05, 3.63) is 48.6 Å². The molecule has 3 heteroatoms. The highest BCUT2D eigenvalue weighted by atomic mass is 16.5. The maximum Gasteiger partial charge on any atom is 0.332 e. The lowest BCUT2D eigenvalue weighted by molar-refractivity contribution is -0.150. The van der Waals surface area contributed by atoms with Gasteiger partial charge in [0.15, 0.2) is 6.10 Å². The molecule has 1 atom stereocenters. The second-order valence-corrected chi connectivity index (χ2v) is 5.95. The average Bonchev–Trinajstić information content (AvgIpc) is 2.60. The molecule has 0 bridgehead atoms. The first kappa shape index (κ1) is 23.4. The number of carboxylic acid groups (broad SMARTS) is 1. The summed E-state index contributed by atoms with van der Waals surface area (Å²) in [5.41, 5.74) is 0. The summed E-state index contributed by atoms with van der Waals surface area (Å²) >= 11 is 0. The highest BCUT2D eigenvalue weighted by Crippen LogP contribution is 2.04. The Bertz CT molecular complexity index is 419. The number of carbonyl (C=O) groups is 1. The van der Waals surface area contributed by atoms with Crippen molar-refractivity contribution in [3.63, 3.8) is 0 Å². The molecule has 0 aliphatic heterocycles. The van der Waals surface area contributed by atoms with Crippen LogP contribution in [-0.4, -0.2) is 23.8 Å². The number of ether oxygens (including phenoxy) is 1. The van der Waals surface area contributed by atoms with Gasteiger partial charge in [-0.05, 0) is 51.9 Å². The SMILES string of the molecule is CCCCC/C=C\C/C=C\C/C=C\C/C=C\CCC(OCC)C(=O)O. The van der Waals surface area contributed by atoms with Crippen LogP contribution in [0.3, 0.4) is 0 Å². The molecule has 25 heavy (non-hydrogen) atoms. The third-order valence-corrected chi connectivity index (χ3v) is 3.70. The van der Waals surface area contributed by atoms with Gasteiger partial charge in [-0.1, -0.05) is 68.4 Å². The molecule has 3 nitrogen and oxygen atoms in total. The van der Waals surface area contributed by atoms with Crippen LogP contribution in [0.5, 0.6) is 0 Å². The van der Waals surface area contributed by atoms with Gasteiger partial charge in [0.25, 0.3) is 0 Å². The molecular weight excluding hydrogens is 312 g/mol. The summed E-state index contributed by atoms with van der Waals surface area (Å²) in [7, 11) is 0. The fourth-order valence-corrected chi connectivity index (χ4v) is 2.29. The summed E-state index contributed by atoms with van der Waals surface area (Å²) in [5, 5.41) is 8.96. The number of aliphatic carboxylic acids is 1. The van der Waals surface area contributed by atoms with Crippen LogP contribution in [0.15, 0.2) is 48.6 Å². The first-order valence-corrected chi connectivity index (χ1v) is 9.66. The molecule has 0 radical (unpaired) electrons. The smallest absolute Gasteiger partial charge is 0.332 e. The van der Waals surface area contributed by atoms with Gasteiger partial charge in [0.2, 0.25) is 0 Å². The highest BCUT2D eigenvalue weighted by Gasteiger charge is 2.15. The second-order valence-electron chi connectivity index (χ2n) is 5.95. The predicted molar refractivity (Wildman–Crippen MR) is 107 cm³/mol. The molecule has 0 aliphatic carbocycles. The van der Waals surface area contributed by atoms with Gasteiger partial charge in [-0.2, -0.15) is 0 Å². The minimum absolute atomic E-state index is 0.436. The number of hydrogen-bond donors (Lipinski definition) is 1. The molecule has 1 unspecified atom stereocenters. The van der Waals surface area contributed by atoms with Gasteiger partial charge in [-0.15, -0.1) is 0 Å². The molecule has 0 aromatic carbocycles. The van der Waals surface area contributed by atoms with E-state index in [4.69, 9.17) is 9.84 Å². The molecule has 0 aliphatic rings. The maximum atomic E-state index is 10.9. The topological polar surface area (TPSA) is 46.5 Å². The molecule has 0 saturated carbocycles.